The summed E-state index contributed by atoms with van der Waals surface area (Å²) < 4.78 is 1.78. The molecule has 0 unspecified atom stereocenters. The Morgan fingerprint density at radius 2 is 2.00 bits per heavy atom. The zero-order valence-electron chi connectivity index (χ0n) is 16.3. The van der Waals surface area contributed by atoms with Crippen LogP contribution >= 0.6 is 0 Å². The maximum atomic E-state index is 12.6. The van der Waals surface area contributed by atoms with Crippen molar-refractivity contribution >= 4 is 11.6 Å². The molecule has 5 heteroatoms. The molecule has 5 nitrogen and oxygen atoms in total. The summed E-state index contributed by atoms with van der Waals surface area (Å²) in [7, 11) is 0. The number of hydrogen-bond donors (Lipinski definition) is 1. The third-order valence-electron chi connectivity index (χ3n) is 5.27. The van der Waals surface area contributed by atoms with Gasteiger partial charge in [-0.2, -0.15) is 5.10 Å². The Kier molecular flexibility index (Phi) is 5.77. The van der Waals surface area contributed by atoms with Gasteiger partial charge in [-0.05, 0) is 76.4 Å². The summed E-state index contributed by atoms with van der Waals surface area (Å²) >= 11 is 0. The maximum Gasteiger partial charge on any atom is 0.248 e. The molecule has 0 radical (unpaired) electrons. The molecule has 0 spiro atoms. The standard InChI is InChI=1S/C21H30N4O/c1-15-8-10-24(11-9-15)14-19-6-5-7-20(13-19)22-21(26)18(4)25-17(3)12-16(2)23-25/h5-7,12-13,15,18H,8-11,14H2,1-4H3,(H,22,26)/t18-/m0/s1. The van der Waals surface area contributed by atoms with E-state index in [1.165, 1.54) is 18.4 Å². The molecule has 1 fully saturated rings. The van der Waals surface area contributed by atoms with Crippen LogP contribution in [0.1, 0.15) is 49.7 Å². The molecule has 1 N–H and O–H groups in total. The van der Waals surface area contributed by atoms with Gasteiger partial charge in [-0.25, -0.2) is 0 Å². The summed E-state index contributed by atoms with van der Waals surface area (Å²) in [6, 6.07) is 9.85. The number of anilines is 1. The smallest absolute Gasteiger partial charge is 0.248 e. The molecule has 2 aromatic rings. The van der Waals surface area contributed by atoms with Crippen LogP contribution in [0.4, 0.5) is 5.69 Å². The molecule has 140 valence electrons. The molecule has 1 aliphatic heterocycles. The number of nitrogens with one attached hydrogen (secondary N) is 1. The number of aryl methyl sites for hydroxylation is 2. The number of likely N-dealkylation sites (tertiary alicyclic amines) is 1. The molecular weight excluding hydrogens is 324 g/mol. The van der Waals surface area contributed by atoms with Crippen LogP contribution in [0, 0.1) is 19.8 Å². The van der Waals surface area contributed by atoms with Gasteiger partial charge in [0, 0.05) is 17.9 Å². The first-order chi connectivity index (χ1) is 12.4. The van der Waals surface area contributed by atoms with Crippen LogP contribution < -0.4 is 5.32 Å². The predicted molar refractivity (Wildman–Crippen MR) is 105 cm³/mol. The molecular formula is C21H30N4O. The molecule has 2 heterocycles. The van der Waals surface area contributed by atoms with Gasteiger partial charge in [-0.1, -0.05) is 19.1 Å². The van der Waals surface area contributed by atoms with Crippen molar-refractivity contribution in [2.45, 2.75) is 53.1 Å². The molecule has 1 amide bonds. The van der Waals surface area contributed by atoms with Crippen molar-refractivity contribution in [3.8, 4) is 0 Å². The lowest BCUT2D eigenvalue weighted by molar-refractivity contribution is -0.119. The minimum absolute atomic E-state index is 0.0415. The molecule has 0 saturated carbocycles. The Morgan fingerprint density at radius 1 is 1.27 bits per heavy atom. The number of nitrogens with zero attached hydrogens (tertiary/aromatic N) is 3. The van der Waals surface area contributed by atoms with Gasteiger partial charge in [-0.3, -0.25) is 14.4 Å². The van der Waals surface area contributed by atoms with E-state index in [2.05, 4.69) is 34.4 Å². The molecule has 1 aliphatic rings. The average Bonchev–Trinajstić information content (AvgIpc) is 2.95. The fraction of sp³-hybridized carbons (Fsp3) is 0.524. The van der Waals surface area contributed by atoms with Gasteiger partial charge < -0.3 is 5.32 Å². The second-order valence-electron chi connectivity index (χ2n) is 7.70. The van der Waals surface area contributed by atoms with E-state index in [1.54, 1.807) is 4.68 Å². The zero-order chi connectivity index (χ0) is 18.7. The molecule has 0 aliphatic carbocycles. The Bertz CT molecular complexity index is 759. The SMILES string of the molecule is Cc1cc(C)n([C@@H](C)C(=O)Nc2cccc(CN3CCC(C)CC3)c2)n1. The topological polar surface area (TPSA) is 50.2 Å². The third-order valence-corrected chi connectivity index (χ3v) is 5.27. The first-order valence-electron chi connectivity index (χ1n) is 9.57. The van der Waals surface area contributed by atoms with Gasteiger partial charge in [-0.15, -0.1) is 0 Å². The number of carbonyl (C=O) groups is 1. The zero-order valence-corrected chi connectivity index (χ0v) is 16.3. The highest BCUT2D eigenvalue weighted by Gasteiger charge is 2.19. The van der Waals surface area contributed by atoms with Crippen molar-refractivity contribution in [1.82, 2.24) is 14.7 Å². The highest BCUT2D eigenvalue weighted by Crippen LogP contribution is 2.20. The highest BCUT2D eigenvalue weighted by molar-refractivity contribution is 5.93. The normalized spacial score (nSPS) is 17.2. The van der Waals surface area contributed by atoms with Gasteiger partial charge in [0.15, 0.2) is 0 Å². The number of piperidine rings is 1. The van der Waals surface area contributed by atoms with Crippen LogP contribution in [-0.2, 0) is 11.3 Å². The van der Waals surface area contributed by atoms with Gasteiger partial charge in [0.25, 0.3) is 0 Å². The summed E-state index contributed by atoms with van der Waals surface area (Å²) in [4.78, 5) is 15.1. The van der Waals surface area contributed by atoms with E-state index in [1.807, 2.05) is 39.0 Å². The number of hydrogen-bond acceptors (Lipinski definition) is 3. The summed E-state index contributed by atoms with van der Waals surface area (Å²) in [5.74, 6) is 0.799. The lowest BCUT2D eigenvalue weighted by Gasteiger charge is -2.30. The molecule has 1 atom stereocenters. The monoisotopic (exact) mass is 354 g/mol. The van der Waals surface area contributed by atoms with Crippen LogP contribution in [0.5, 0.6) is 0 Å². The van der Waals surface area contributed by atoms with E-state index >= 15 is 0 Å². The molecule has 1 aromatic carbocycles. The van der Waals surface area contributed by atoms with E-state index in [9.17, 15) is 4.79 Å². The lowest BCUT2D eigenvalue weighted by Crippen LogP contribution is -2.32. The van der Waals surface area contributed by atoms with Crippen molar-refractivity contribution in [2.75, 3.05) is 18.4 Å². The Morgan fingerprint density at radius 3 is 2.65 bits per heavy atom. The number of carbonyl (C=O) groups excluding carboxylic acids is 1. The summed E-state index contributed by atoms with van der Waals surface area (Å²) in [6.45, 7) is 11.4. The van der Waals surface area contributed by atoms with Crippen molar-refractivity contribution in [1.29, 1.82) is 0 Å². The molecule has 1 saturated heterocycles. The maximum absolute atomic E-state index is 12.6. The Hall–Kier alpha value is -2.14. The Labute approximate surface area is 156 Å². The van der Waals surface area contributed by atoms with Gasteiger partial charge in [0.2, 0.25) is 5.91 Å². The van der Waals surface area contributed by atoms with Crippen molar-refractivity contribution in [2.24, 2.45) is 5.92 Å². The van der Waals surface area contributed by atoms with Gasteiger partial charge in [0.1, 0.15) is 6.04 Å². The van der Waals surface area contributed by atoms with Crippen LogP contribution in [0.25, 0.3) is 0 Å². The Balaban J connectivity index is 1.62. The molecule has 1 aromatic heterocycles. The van der Waals surface area contributed by atoms with E-state index < -0.39 is 0 Å². The quantitative estimate of drug-likeness (QED) is 0.885. The second-order valence-corrected chi connectivity index (χ2v) is 7.70. The number of aromatic nitrogens is 2. The summed E-state index contributed by atoms with van der Waals surface area (Å²) in [5.41, 5.74) is 4.03. The molecule has 3 rings (SSSR count). The first-order valence-corrected chi connectivity index (χ1v) is 9.57. The minimum Gasteiger partial charge on any atom is -0.324 e. The first kappa shape index (κ1) is 18.6. The lowest BCUT2D eigenvalue weighted by atomic mass is 9.99. The fourth-order valence-corrected chi connectivity index (χ4v) is 3.62. The van der Waals surface area contributed by atoms with E-state index in [-0.39, 0.29) is 11.9 Å². The minimum atomic E-state index is -0.337. The fourth-order valence-electron chi connectivity index (χ4n) is 3.62. The average molecular weight is 354 g/mol. The highest BCUT2D eigenvalue weighted by atomic mass is 16.2. The third kappa shape index (κ3) is 4.52. The van der Waals surface area contributed by atoms with Gasteiger partial charge in [0.05, 0.1) is 5.69 Å². The largest absolute Gasteiger partial charge is 0.324 e. The predicted octanol–water partition coefficient (Wildman–Crippen LogP) is 3.93. The van der Waals surface area contributed by atoms with Gasteiger partial charge >= 0.3 is 0 Å². The number of rotatable bonds is 5. The second kappa shape index (κ2) is 8.04. The number of benzene rings is 1. The summed E-state index contributed by atoms with van der Waals surface area (Å²) in [5, 5.41) is 7.47. The molecule has 26 heavy (non-hydrogen) atoms. The van der Waals surface area contributed by atoms with E-state index in [4.69, 9.17) is 0 Å². The van der Waals surface area contributed by atoms with E-state index in [0.29, 0.717) is 0 Å². The van der Waals surface area contributed by atoms with Crippen LogP contribution in [0.3, 0.4) is 0 Å². The van der Waals surface area contributed by atoms with Crippen molar-refractivity contribution in [3.63, 3.8) is 0 Å². The number of amides is 1. The summed E-state index contributed by atoms with van der Waals surface area (Å²) in [6.07, 6.45) is 2.55. The van der Waals surface area contributed by atoms with Crippen LogP contribution in [0.2, 0.25) is 0 Å². The van der Waals surface area contributed by atoms with Crippen LogP contribution in [0.15, 0.2) is 30.3 Å². The van der Waals surface area contributed by atoms with Crippen molar-refractivity contribution in [3.05, 3.63) is 47.3 Å². The van der Waals surface area contributed by atoms with Crippen molar-refractivity contribution < 1.29 is 4.79 Å². The van der Waals surface area contributed by atoms with Crippen LogP contribution in [-0.4, -0.2) is 33.7 Å². The van der Waals surface area contributed by atoms with E-state index in [0.717, 1.165) is 42.6 Å². The molecule has 0 bridgehead atoms.